The van der Waals surface area contributed by atoms with Crippen LogP contribution < -0.4 is 11.1 Å². The molecule has 3 nitrogen and oxygen atoms in total. The summed E-state index contributed by atoms with van der Waals surface area (Å²) in [5.41, 5.74) is 7.08. The van der Waals surface area contributed by atoms with Gasteiger partial charge in [-0.3, -0.25) is 4.79 Å². The Kier molecular flexibility index (Phi) is 12.1. The van der Waals surface area contributed by atoms with Crippen LogP contribution in [0, 0.1) is 0 Å². The van der Waals surface area contributed by atoms with Crippen molar-refractivity contribution in [2.45, 2.75) is 83.6 Å². The van der Waals surface area contributed by atoms with Crippen LogP contribution in [0.25, 0.3) is 0 Å². The summed E-state index contributed by atoms with van der Waals surface area (Å²) in [6.45, 7) is 3.03. The van der Waals surface area contributed by atoms with Crippen LogP contribution in [0.5, 0.6) is 0 Å². The molecule has 136 valence electrons. The summed E-state index contributed by atoms with van der Waals surface area (Å²) < 4.78 is 0. The molecule has 0 aromatic heterocycles. The van der Waals surface area contributed by atoms with Crippen molar-refractivity contribution in [3.63, 3.8) is 0 Å². The molecule has 1 aromatic rings. The maximum atomic E-state index is 11.9. The highest BCUT2D eigenvalue weighted by Gasteiger charge is 2.10. The smallest absolute Gasteiger partial charge is 0.221 e. The zero-order chi connectivity index (χ0) is 17.5. The highest BCUT2D eigenvalue weighted by atomic mass is 16.1. The fourth-order valence-corrected chi connectivity index (χ4v) is 2.93. The van der Waals surface area contributed by atoms with E-state index in [1.165, 1.54) is 57.8 Å². The third-order valence-corrected chi connectivity index (χ3v) is 4.49. The van der Waals surface area contributed by atoms with Crippen LogP contribution in [0.1, 0.15) is 89.2 Å². The molecule has 0 spiro atoms. The minimum absolute atomic E-state index is 0.0577. The Morgan fingerprint density at radius 3 is 2.04 bits per heavy atom. The molecule has 3 heteroatoms. The van der Waals surface area contributed by atoms with Gasteiger partial charge < -0.3 is 11.1 Å². The van der Waals surface area contributed by atoms with Crippen LogP contribution in [0.15, 0.2) is 30.3 Å². The molecular formula is C21H36N2O. The quantitative estimate of drug-likeness (QED) is 0.465. The Hall–Kier alpha value is -1.35. The fraction of sp³-hybridized carbons (Fsp3) is 0.667. The summed E-state index contributed by atoms with van der Waals surface area (Å²) in [7, 11) is 0. The number of benzene rings is 1. The number of unbranched alkanes of at least 4 members (excludes halogenated alkanes) is 9. The van der Waals surface area contributed by atoms with Crippen LogP contribution in [0.3, 0.4) is 0 Å². The monoisotopic (exact) mass is 332 g/mol. The zero-order valence-corrected chi connectivity index (χ0v) is 15.4. The molecule has 0 saturated carbocycles. The average molecular weight is 333 g/mol. The maximum Gasteiger partial charge on any atom is 0.221 e. The van der Waals surface area contributed by atoms with Crippen molar-refractivity contribution < 1.29 is 4.79 Å². The van der Waals surface area contributed by atoms with E-state index in [2.05, 4.69) is 12.2 Å². The number of carbonyl (C=O) groups excluding carboxylic acids is 1. The lowest BCUT2D eigenvalue weighted by Crippen LogP contribution is -2.28. The Bertz CT molecular complexity index is 419. The van der Waals surface area contributed by atoms with Gasteiger partial charge in [-0.15, -0.1) is 0 Å². The van der Waals surface area contributed by atoms with Crippen LogP contribution in [0.2, 0.25) is 0 Å². The van der Waals surface area contributed by atoms with Gasteiger partial charge in [-0.25, -0.2) is 0 Å². The SMILES string of the molecule is CCCCCCCCCCCCNC(=O)CC(N)c1ccccc1. The summed E-state index contributed by atoms with van der Waals surface area (Å²) in [4.78, 5) is 11.9. The molecule has 0 aliphatic rings. The summed E-state index contributed by atoms with van der Waals surface area (Å²) in [5.74, 6) is 0.0577. The van der Waals surface area contributed by atoms with Gasteiger partial charge in [-0.2, -0.15) is 0 Å². The molecule has 0 heterocycles. The van der Waals surface area contributed by atoms with Gasteiger partial charge in [0.1, 0.15) is 0 Å². The topological polar surface area (TPSA) is 55.1 Å². The molecule has 0 radical (unpaired) electrons. The van der Waals surface area contributed by atoms with Gasteiger partial charge in [-0.05, 0) is 12.0 Å². The van der Waals surface area contributed by atoms with Gasteiger partial charge in [-0.1, -0.05) is 95.0 Å². The molecule has 1 aromatic carbocycles. The Morgan fingerprint density at radius 1 is 0.917 bits per heavy atom. The van der Waals surface area contributed by atoms with E-state index < -0.39 is 0 Å². The molecule has 1 amide bonds. The first-order valence-electron chi connectivity index (χ1n) is 9.81. The van der Waals surface area contributed by atoms with Crippen molar-refractivity contribution >= 4 is 5.91 Å². The van der Waals surface area contributed by atoms with E-state index in [-0.39, 0.29) is 11.9 Å². The summed E-state index contributed by atoms with van der Waals surface area (Å²) >= 11 is 0. The van der Waals surface area contributed by atoms with Crippen LogP contribution in [-0.4, -0.2) is 12.5 Å². The molecule has 0 bridgehead atoms. The normalized spacial score (nSPS) is 12.1. The molecule has 24 heavy (non-hydrogen) atoms. The standard InChI is InChI=1S/C21H36N2O/c1-2-3-4-5-6-7-8-9-10-14-17-23-21(24)18-20(22)19-15-12-11-13-16-19/h11-13,15-16,20H,2-10,14,17-18,22H2,1H3,(H,23,24). The number of nitrogens with one attached hydrogen (secondary N) is 1. The molecular weight excluding hydrogens is 296 g/mol. The van der Waals surface area contributed by atoms with E-state index in [0.29, 0.717) is 6.42 Å². The van der Waals surface area contributed by atoms with Gasteiger partial charge >= 0.3 is 0 Å². The lowest BCUT2D eigenvalue weighted by Gasteiger charge is -2.12. The van der Waals surface area contributed by atoms with Crippen molar-refractivity contribution in [2.75, 3.05) is 6.54 Å². The van der Waals surface area contributed by atoms with E-state index in [9.17, 15) is 4.79 Å². The van der Waals surface area contributed by atoms with E-state index in [0.717, 1.165) is 18.5 Å². The van der Waals surface area contributed by atoms with Crippen LogP contribution in [-0.2, 0) is 4.79 Å². The minimum atomic E-state index is -0.209. The van der Waals surface area contributed by atoms with E-state index in [1.54, 1.807) is 0 Å². The van der Waals surface area contributed by atoms with Crippen molar-refractivity contribution in [1.82, 2.24) is 5.32 Å². The molecule has 1 unspecified atom stereocenters. The largest absolute Gasteiger partial charge is 0.356 e. The molecule has 0 aliphatic heterocycles. The van der Waals surface area contributed by atoms with Gasteiger partial charge in [0.25, 0.3) is 0 Å². The van der Waals surface area contributed by atoms with Gasteiger partial charge in [0.05, 0.1) is 0 Å². The third-order valence-electron chi connectivity index (χ3n) is 4.49. The average Bonchev–Trinajstić information content (AvgIpc) is 2.60. The van der Waals surface area contributed by atoms with Crippen LogP contribution in [0.4, 0.5) is 0 Å². The number of amides is 1. The van der Waals surface area contributed by atoms with Gasteiger partial charge in [0, 0.05) is 19.0 Å². The minimum Gasteiger partial charge on any atom is -0.356 e. The lowest BCUT2D eigenvalue weighted by molar-refractivity contribution is -0.121. The first-order chi connectivity index (χ1) is 11.7. The third kappa shape index (κ3) is 10.4. The highest BCUT2D eigenvalue weighted by molar-refractivity contribution is 5.76. The molecule has 0 fully saturated rings. The maximum absolute atomic E-state index is 11.9. The predicted molar refractivity (Wildman–Crippen MR) is 103 cm³/mol. The number of hydrogen-bond acceptors (Lipinski definition) is 2. The van der Waals surface area contributed by atoms with Gasteiger partial charge in [0.2, 0.25) is 5.91 Å². The van der Waals surface area contributed by atoms with E-state index >= 15 is 0 Å². The number of carbonyl (C=O) groups is 1. The highest BCUT2D eigenvalue weighted by Crippen LogP contribution is 2.13. The Balaban J connectivity index is 1.93. The second-order valence-electron chi connectivity index (χ2n) is 6.75. The number of nitrogens with two attached hydrogens (primary N) is 1. The lowest BCUT2D eigenvalue weighted by atomic mass is 10.0. The molecule has 0 saturated heterocycles. The summed E-state index contributed by atoms with van der Waals surface area (Å²) in [5, 5.41) is 2.99. The molecule has 0 aliphatic carbocycles. The van der Waals surface area contributed by atoms with Crippen molar-refractivity contribution in [3.8, 4) is 0 Å². The molecule has 1 rings (SSSR count). The first kappa shape index (κ1) is 20.7. The molecule has 1 atom stereocenters. The molecule has 3 N–H and O–H groups in total. The van der Waals surface area contributed by atoms with Crippen molar-refractivity contribution in [2.24, 2.45) is 5.73 Å². The summed E-state index contributed by atoms with van der Waals surface area (Å²) in [6.07, 6.45) is 13.5. The summed E-state index contributed by atoms with van der Waals surface area (Å²) in [6, 6.07) is 9.61. The Labute approximate surface area is 148 Å². The number of rotatable bonds is 14. The predicted octanol–water partition coefficient (Wildman–Crippen LogP) is 5.11. The fourth-order valence-electron chi connectivity index (χ4n) is 2.93. The number of hydrogen-bond donors (Lipinski definition) is 2. The Morgan fingerprint density at radius 2 is 1.46 bits per heavy atom. The van der Waals surface area contributed by atoms with E-state index in [1.807, 2.05) is 30.3 Å². The second kappa shape index (κ2) is 14.0. The van der Waals surface area contributed by atoms with E-state index in [4.69, 9.17) is 5.73 Å². The van der Waals surface area contributed by atoms with Crippen molar-refractivity contribution in [3.05, 3.63) is 35.9 Å². The first-order valence-corrected chi connectivity index (χ1v) is 9.81. The van der Waals surface area contributed by atoms with Gasteiger partial charge in [0.15, 0.2) is 0 Å². The van der Waals surface area contributed by atoms with Crippen molar-refractivity contribution in [1.29, 1.82) is 0 Å². The van der Waals surface area contributed by atoms with Crippen LogP contribution >= 0.6 is 0 Å². The zero-order valence-electron chi connectivity index (χ0n) is 15.4. The second-order valence-corrected chi connectivity index (χ2v) is 6.75.